The van der Waals surface area contributed by atoms with Crippen molar-refractivity contribution >= 4 is 23.4 Å². The number of pyridine rings is 1. The normalized spacial score (nSPS) is 17.0. The van der Waals surface area contributed by atoms with Gasteiger partial charge in [0.1, 0.15) is 11.0 Å². The minimum Gasteiger partial charge on any atom is -0.478 e. The smallest absolute Gasteiger partial charge is 0.401 e. The van der Waals surface area contributed by atoms with Gasteiger partial charge < -0.3 is 10.0 Å². The number of hydrogen-bond donors (Lipinski definition) is 1. The molecule has 0 saturated carbocycles. The van der Waals surface area contributed by atoms with Crippen LogP contribution in [0.25, 0.3) is 0 Å². The van der Waals surface area contributed by atoms with E-state index in [0.29, 0.717) is 18.9 Å². The Hall–Kier alpha value is -1.54. The van der Waals surface area contributed by atoms with Crippen LogP contribution in [-0.4, -0.2) is 59.9 Å². The number of anilines is 1. The largest absolute Gasteiger partial charge is 0.478 e. The zero-order valence-electron chi connectivity index (χ0n) is 10.9. The summed E-state index contributed by atoms with van der Waals surface area (Å²) in [5.41, 5.74) is 0.00252. The summed E-state index contributed by atoms with van der Waals surface area (Å²) >= 11 is 5.77. The molecule has 0 amide bonds. The average molecular weight is 324 g/mol. The van der Waals surface area contributed by atoms with Crippen LogP contribution in [-0.2, 0) is 0 Å². The van der Waals surface area contributed by atoms with Crippen LogP contribution < -0.4 is 4.90 Å². The molecule has 0 radical (unpaired) electrons. The lowest BCUT2D eigenvalue weighted by Crippen LogP contribution is -2.49. The predicted octanol–water partition coefficient (Wildman–Crippen LogP) is 2.12. The highest BCUT2D eigenvalue weighted by atomic mass is 35.5. The van der Waals surface area contributed by atoms with Crippen LogP contribution >= 0.6 is 11.6 Å². The molecular formula is C12H13ClF3N3O2. The van der Waals surface area contributed by atoms with Crippen molar-refractivity contribution < 1.29 is 23.1 Å². The molecule has 1 saturated heterocycles. The molecule has 0 aromatic carbocycles. The summed E-state index contributed by atoms with van der Waals surface area (Å²) in [5.74, 6) is -0.761. The van der Waals surface area contributed by atoms with Crippen molar-refractivity contribution in [3.63, 3.8) is 0 Å². The summed E-state index contributed by atoms with van der Waals surface area (Å²) in [6, 6.07) is 2.60. The van der Waals surface area contributed by atoms with Gasteiger partial charge in [0.15, 0.2) is 0 Å². The van der Waals surface area contributed by atoms with Crippen molar-refractivity contribution in [2.75, 3.05) is 37.6 Å². The van der Waals surface area contributed by atoms with E-state index in [1.165, 1.54) is 17.0 Å². The van der Waals surface area contributed by atoms with Gasteiger partial charge >= 0.3 is 12.1 Å². The van der Waals surface area contributed by atoms with Gasteiger partial charge in [-0.2, -0.15) is 13.2 Å². The SMILES string of the molecule is O=C(O)c1cc(Cl)nc(N2CCN(CC(F)(F)F)CC2)c1. The lowest BCUT2D eigenvalue weighted by atomic mass is 10.2. The summed E-state index contributed by atoms with van der Waals surface area (Å²) in [7, 11) is 0. The number of hydrogen-bond acceptors (Lipinski definition) is 4. The highest BCUT2D eigenvalue weighted by Gasteiger charge is 2.32. The van der Waals surface area contributed by atoms with Crippen molar-refractivity contribution in [2.24, 2.45) is 0 Å². The fraction of sp³-hybridized carbons (Fsp3) is 0.500. The maximum Gasteiger partial charge on any atom is 0.401 e. The quantitative estimate of drug-likeness (QED) is 0.864. The molecule has 0 bridgehead atoms. The number of nitrogens with zero attached hydrogens (tertiary/aromatic N) is 3. The molecule has 1 aliphatic rings. The van der Waals surface area contributed by atoms with Gasteiger partial charge in [0, 0.05) is 26.2 Å². The van der Waals surface area contributed by atoms with Crippen molar-refractivity contribution in [1.82, 2.24) is 9.88 Å². The molecule has 0 spiro atoms. The Morgan fingerprint density at radius 2 is 1.90 bits per heavy atom. The summed E-state index contributed by atoms with van der Waals surface area (Å²) in [4.78, 5) is 18.0. The first-order chi connectivity index (χ1) is 9.74. The van der Waals surface area contributed by atoms with E-state index in [-0.39, 0.29) is 23.8 Å². The Morgan fingerprint density at radius 3 is 2.43 bits per heavy atom. The molecule has 1 N–H and O–H groups in total. The third-order valence-electron chi connectivity index (χ3n) is 3.13. The van der Waals surface area contributed by atoms with Gasteiger partial charge in [0.2, 0.25) is 0 Å². The Labute approximate surface area is 123 Å². The highest BCUT2D eigenvalue weighted by Crippen LogP contribution is 2.22. The van der Waals surface area contributed by atoms with Gasteiger partial charge in [0.25, 0.3) is 0 Å². The molecule has 1 aromatic heterocycles. The van der Waals surface area contributed by atoms with E-state index in [1.807, 2.05) is 0 Å². The second-order valence-corrected chi connectivity index (χ2v) is 5.11. The summed E-state index contributed by atoms with van der Waals surface area (Å²) < 4.78 is 36.9. The molecule has 1 aromatic rings. The number of carboxylic acids is 1. The minimum atomic E-state index is -4.22. The second-order valence-electron chi connectivity index (χ2n) is 4.72. The van der Waals surface area contributed by atoms with Crippen molar-refractivity contribution in [3.05, 3.63) is 22.8 Å². The van der Waals surface area contributed by atoms with Gasteiger partial charge in [-0.1, -0.05) is 11.6 Å². The highest BCUT2D eigenvalue weighted by molar-refractivity contribution is 6.29. The van der Waals surface area contributed by atoms with E-state index >= 15 is 0 Å². The zero-order chi connectivity index (χ0) is 15.6. The van der Waals surface area contributed by atoms with E-state index in [2.05, 4.69) is 4.98 Å². The zero-order valence-corrected chi connectivity index (χ0v) is 11.7. The van der Waals surface area contributed by atoms with Gasteiger partial charge in [-0.05, 0) is 12.1 Å². The van der Waals surface area contributed by atoms with Gasteiger partial charge in [-0.3, -0.25) is 4.90 Å². The standard InChI is InChI=1S/C12H13ClF3N3O2/c13-9-5-8(11(20)21)6-10(17-9)19-3-1-18(2-4-19)7-12(14,15)16/h5-6H,1-4,7H2,(H,20,21). The number of carbonyl (C=O) groups is 1. The number of carboxylic acid groups (broad SMARTS) is 1. The van der Waals surface area contributed by atoms with Crippen LogP contribution in [0.4, 0.5) is 19.0 Å². The van der Waals surface area contributed by atoms with Crippen molar-refractivity contribution in [3.8, 4) is 0 Å². The molecular weight excluding hydrogens is 311 g/mol. The van der Waals surface area contributed by atoms with Gasteiger partial charge in [0.05, 0.1) is 12.1 Å². The van der Waals surface area contributed by atoms with Crippen LogP contribution in [0, 0.1) is 0 Å². The van der Waals surface area contributed by atoms with E-state index in [4.69, 9.17) is 16.7 Å². The number of aromatic nitrogens is 1. The molecule has 5 nitrogen and oxygen atoms in total. The fourth-order valence-electron chi connectivity index (χ4n) is 2.16. The average Bonchev–Trinajstić information content (AvgIpc) is 2.37. The van der Waals surface area contributed by atoms with E-state index in [9.17, 15) is 18.0 Å². The molecule has 0 atom stereocenters. The monoisotopic (exact) mass is 323 g/mol. The van der Waals surface area contributed by atoms with Crippen LogP contribution in [0.15, 0.2) is 12.1 Å². The maximum absolute atomic E-state index is 12.3. The van der Waals surface area contributed by atoms with Crippen LogP contribution in [0.3, 0.4) is 0 Å². The van der Waals surface area contributed by atoms with Crippen molar-refractivity contribution in [2.45, 2.75) is 6.18 Å². The number of halogens is 4. The molecule has 0 aliphatic carbocycles. The van der Waals surface area contributed by atoms with E-state index in [1.54, 1.807) is 4.90 Å². The minimum absolute atomic E-state index is 0.00252. The van der Waals surface area contributed by atoms with E-state index < -0.39 is 18.7 Å². The van der Waals surface area contributed by atoms with Gasteiger partial charge in [-0.25, -0.2) is 9.78 Å². The lowest BCUT2D eigenvalue weighted by Gasteiger charge is -2.35. The number of aromatic carboxylic acids is 1. The Kier molecular flexibility index (Phi) is 4.58. The van der Waals surface area contributed by atoms with E-state index in [0.717, 1.165) is 0 Å². The van der Waals surface area contributed by atoms with Crippen LogP contribution in [0.1, 0.15) is 10.4 Å². The summed E-state index contributed by atoms with van der Waals surface area (Å²) in [6.07, 6.45) is -4.22. The molecule has 0 unspecified atom stereocenters. The fourth-order valence-corrected chi connectivity index (χ4v) is 2.36. The Morgan fingerprint density at radius 1 is 1.29 bits per heavy atom. The van der Waals surface area contributed by atoms with Gasteiger partial charge in [-0.15, -0.1) is 0 Å². The first-order valence-corrected chi connectivity index (χ1v) is 6.57. The van der Waals surface area contributed by atoms with Crippen LogP contribution in [0.5, 0.6) is 0 Å². The van der Waals surface area contributed by atoms with Crippen molar-refractivity contribution in [1.29, 1.82) is 0 Å². The Bertz CT molecular complexity index is 531. The molecule has 1 aliphatic heterocycles. The summed E-state index contributed by atoms with van der Waals surface area (Å²) in [5, 5.41) is 9.01. The van der Waals surface area contributed by atoms with Crippen LogP contribution in [0.2, 0.25) is 5.15 Å². The first kappa shape index (κ1) is 15.8. The molecule has 9 heteroatoms. The molecule has 2 heterocycles. The summed E-state index contributed by atoms with van der Waals surface area (Å²) in [6.45, 7) is 0.196. The lowest BCUT2D eigenvalue weighted by molar-refractivity contribution is -0.146. The topological polar surface area (TPSA) is 56.7 Å². The number of rotatable bonds is 3. The molecule has 2 rings (SSSR count). The first-order valence-electron chi connectivity index (χ1n) is 6.19. The third kappa shape index (κ3) is 4.47. The number of piperazine rings is 1. The maximum atomic E-state index is 12.3. The number of alkyl halides is 3. The second kappa shape index (κ2) is 6.07. The predicted molar refractivity (Wildman–Crippen MR) is 70.9 cm³/mol. The molecule has 21 heavy (non-hydrogen) atoms. The Balaban J connectivity index is 2.04. The third-order valence-corrected chi connectivity index (χ3v) is 3.32. The molecule has 116 valence electrons. The molecule has 1 fully saturated rings.